The molecule has 0 saturated carbocycles. The maximum Gasteiger partial charge on any atom is 0.440 e. The van der Waals surface area contributed by atoms with Gasteiger partial charge in [-0.3, -0.25) is 4.52 Å². The van der Waals surface area contributed by atoms with Gasteiger partial charge in [-0.05, 0) is 58.9 Å². The van der Waals surface area contributed by atoms with Crippen LogP contribution in [-0.2, 0) is 9.09 Å². The fourth-order valence-corrected chi connectivity index (χ4v) is 5.14. The zero-order valence-electron chi connectivity index (χ0n) is 10.2. The number of hydrogen-bond donors (Lipinski definition) is 0. The van der Waals surface area contributed by atoms with Gasteiger partial charge in [-0.25, -0.2) is 8.96 Å². The first-order valence-electron chi connectivity index (χ1n) is 5.54. The second-order valence-electron chi connectivity index (χ2n) is 3.36. The molecule has 0 aliphatic rings. The van der Waals surface area contributed by atoms with Crippen LogP contribution in [0, 0.1) is 5.82 Å². The predicted octanol–water partition coefficient (Wildman–Crippen LogP) is 5.25. The molecule has 1 rings (SSSR count). The molecule has 1 unspecified atom stereocenters. The van der Waals surface area contributed by atoms with E-state index in [1.54, 1.807) is 6.92 Å². The van der Waals surface area contributed by atoms with Gasteiger partial charge in [0.05, 0.1) is 11.1 Å². The smallest absolute Gasteiger partial charge is 0.416 e. The quantitative estimate of drug-likeness (QED) is 0.624. The lowest BCUT2D eigenvalue weighted by molar-refractivity contribution is 0.295. The Balaban J connectivity index is 2.85. The standard InChI is InChI=1S/C11H15BrFO3PS/c1-3-7-18-17(14,15-4-2)16-11-6-5-9(13)8-10(11)12/h5-6,8H,3-4,7H2,1-2H3. The van der Waals surface area contributed by atoms with E-state index in [0.29, 0.717) is 22.6 Å². The van der Waals surface area contributed by atoms with Gasteiger partial charge in [-0.2, -0.15) is 0 Å². The lowest BCUT2D eigenvalue weighted by Gasteiger charge is -2.18. The molecule has 0 N–H and O–H groups in total. The van der Waals surface area contributed by atoms with E-state index in [-0.39, 0.29) is 5.82 Å². The van der Waals surface area contributed by atoms with Crippen molar-refractivity contribution in [2.75, 3.05) is 12.4 Å². The molecular formula is C11H15BrFO3PS. The molecule has 1 atom stereocenters. The molecule has 0 aromatic heterocycles. The molecule has 0 aliphatic heterocycles. The van der Waals surface area contributed by atoms with Gasteiger partial charge < -0.3 is 4.52 Å². The molecule has 0 radical (unpaired) electrons. The lowest BCUT2D eigenvalue weighted by atomic mass is 10.3. The van der Waals surface area contributed by atoms with Gasteiger partial charge in [-0.15, -0.1) is 0 Å². The van der Waals surface area contributed by atoms with E-state index in [0.717, 1.165) is 17.8 Å². The second kappa shape index (κ2) is 7.53. The minimum atomic E-state index is -3.24. The van der Waals surface area contributed by atoms with Crippen LogP contribution in [0.1, 0.15) is 20.3 Å². The highest BCUT2D eigenvalue weighted by Crippen LogP contribution is 2.60. The molecule has 102 valence electrons. The van der Waals surface area contributed by atoms with Crippen molar-refractivity contribution in [3.63, 3.8) is 0 Å². The van der Waals surface area contributed by atoms with Crippen molar-refractivity contribution in [3.8, 4) is 5.75 Å². The Kier molecular flexibility index (Phi) is 6.71. The zero-order valence-corrected chi connectivity index (χ0v) is 13.5. The molecule has 1 aromatic carbocycles. The minimum Gasteiger partial charge on any atom is -0.416 e. The maximum atomic E-state index is 12.9. The van der Waals surface area contributed by atoms with Crippen LogP contribution >= 0.6 is 34.1 Å². The van der Waals surface area contributed by atoms with Gasteiger partial charge in [0.15, 0.2) is 0 Å². The molecule has 0 heterocycles. The summed E-state index contributed by atoms with van der Waals surface area (Å²) in [5.74, 6) is 0.606. The van der Waals surface area contributed by atoms with Crippen molar-refractivity contribution >= 4 is 34.1 Å². The average molecular weight is 357 g/mol. The van der Waals surface area contributed by atoms with E-state index in [9.17, 15) is 8.96 Å². The summed E-state index contributed by atoms with van der Waals surface area (Å²) in [6.07, 6.45) is 0.871. The molecule has 0 saturated heterocycles. The molecule has 3 nitrogen and oxygen atoms in total. The van der Waals surface area contributed by atoms with Gasteiger partial charge >= 0.3 is 6.80 Å². The van der Waals surface area contributed by atoms with E-state index in [2.05, 4.69) is 15.9 Å². The van der Waals surface area contributed by atoms with Crippen LogP contribution in [0.2, 0.25) is 0 Å². The van der Waals surface area contributed by atoms with E-state index in [1.807, 2.05) is 6.92 Å². The summed E-state index contributed by atoms with van der Waals surface area (Å²) in [4.78, 5) is 0. The Bertz CT molecular complexity index is 444. The van der Waals surface area contributed by atoms with E-state index < -0.39 is 6.80 Å². The van der Waals surface area contributed by atoms with E-state index in [1.165, 1.54) is 18.2 Å². The Morgan fingerprint density at radius 2 is 2.17 bits per heavy atom. The fourth-order valence-electron chi connectivity index (χ4n) is 1.12. The summed E-state index contributed by atoms with van der Waals surface area (Å²) in [6.45, 7) is 0.798. The van der Waals surface area contributed by atoms with Crippen molar-refractivity contribution in [2.24, 2.45) is 0 Å². The topological polar surface area (TPSA) is 35.5 Å². The van der Waals surface area contributed by atoms with Crippen molar-refractivity contribution < 1.29 is 18.0 Å². The maximum absolute atomic E-state index is 12.9. The minimum absolute atomic E-state index is 0.298. The first kappa shape index (κ1) is 16.0. The van der Waals surface area contributed by atoms with Crippen molar-refractivity contribution in [2.45, 2.75) is 20.3 Å². The van der Waals surface area contributed by atoms with Crippen molar-refractivity contribution in [3.05, 3.63) is 28.5 Å². The number of benzene rings is 1. The van der Waals surface area contributed by atoms with Gasteiger partial charge in [0.1, 0.15) is 11.6 Å². The lowest BCUT2D eigenvalue weighted by Crippen LogP contribution is -1.97. The third-order valence-electron chi connectivity index (χ3n) is 1.84. The average Bonchev–Trinajstić information content (AvgIpc) is 2.31. The van der Waals surface area contributed by atoms with Crippen LogP contribution in [-0.4, -0.2) is 12.4 Å². The van der Waals surface area contributed by atoms with Crippen LogP contribution in [0.3, 0.4) is 0 Å². The third-order valence-corrected chi connectivity index (χ3v) is 6.40. The van der Waals surface area contributed by atoms with Crippen molar-refractivity contribution in [1.29, 1.82) is 0 Å². The van der Waals surface area contributed by atoms with E-state index in [4.69, 9.17) is 9.05 Å². The summed E-state index contributed by atoms with van der Waals surface area (Å²) in [5.41, 5.74) is 0. The van der Waals surface area contributed by atoms with Crippen LogP contribution in [0.4, 0.5) is 4.39 Å². The Morgan fingerprint density at radius 1 is 1.44 bits per heavy atom. The molecule has 0 amide bonds. The van der Waals surface area contributed by atoms with Crippen LogP contribution in [0.15, 0.2) is 22.7 Å². The monoisotopic (exact) mass is 356 g/mol. The largest absolute Gasteiger partial charge is 0.440 e. The highest BCUT2D eigenvalue weighted by atomic mass is 79.9. The molecule has 0 spiro atoms. The molecule has 0 bridgehead atoms. The molecule has 0 fully saturated rings. The number of rotatable bonds is 7. The zero-order chi connectivity index (χ0) is 13.6. The molecule has 7 heteroatoms. The van der Waals surface area contributed by atoms with Crippen LogP contribution in [0.25, 0.3) is 0 Å². The van der Waals surface area contributed by atoms with Gasteiger partial charge in [0.25, 0.3) is 0 Å². The SMILES string of the molecule is CCCSP(=O)(OCC)Oc1ccc(F)cc1Br. The Labute approximate surface area is 119 Å². The number of hydrogen-bond acceptors (Lipinski definition) is 4. The highest BCUT2D eigenvalue weighted by Gasteiger charge is 2.27. The number of halogens is 2. The first-order valence-corrected chi connectivity index (χ1v) is 9.47. The molecule has 1 aromatic rings. The van der Waals surface area contributed by atoms with E-state index >= 15 is 0 Å². The Hall–Kier alpha value is -0.0300. The summed E-state index contributed by atoms with van der Waals surface area (Å²) in [6, 6.07) is 3.94. The normalized spacial score (nSPS) is 14.2. The summed E-state index contributed by atoms with van der Waals surface area (Å²) in [7, 11) is 0. The summed E-state index contributed by atoms with van der Waals surface area (Å²) < 4.78 is 36.4. The highest BCUT2D eigenvalue weighted by molar-refractivity contribution is 9.10. The molecular weight excluding hydrogens is 342 g/mol. The van der Waals surface area contributed by atoms with Gasteiger partial charge in [-0.1, -0.05) is 6.92 Å². The predicted molar refractivity (Wildman–Crippen MR) is 76.7 cm³/mol. The first-order chi connectivity index (χ1) is 8.50. The third kappa shape index (κ3) is 4.92. The van der Waals surface area contributed by atoms with Crippen LogP contribution < -0.4 is 4.52 Å². The molecule has 0 aliphatic carbocycles. The fraction of sp³-hybridized carbons (Fsp3) is 0.455. The Morgan fingerprint density at radius 3 is 2.72 bits per heavy atom. The summed E-state index contributed by atoms with van der Waals surface area (Å²) in [5, 5.41) is 0. The van der Waals surface area contributed by atoms with Gasteiger partial charge in [0.2, 0.25) is 0 Å². The van der Waals surface area contributed by atoms with Gasteiger partial charge in [0, 0.05) is 5.75 Å². The molecule has 18 heavy (non-hydrogen) atoms. The summed E-state index contributed by atoms with van der Waals surface area (Å²) >= 11 is 4.32. The van der Waals surface area contributed by atoms with Crippen LogP contribution in [0.5, 0.6) is 5.75 Å². The second-order valence-corrected chi connectivity index (χ2v) is 8.34. The van der Waals surface area contributed by atoms with Crippen molar-refractivity contribution in [1.82, 2.24) is 0 Å².